The van der Waals surface area contributed by atoms with Gasteiger partial charge in [-0.2, -0.15) is 0 Å². The molecule has 1 unspecified atom stereocenters. The molecule has 1 heterocycles. The molecule has 1 N–H and O–H groups in total. The van der Waals surface area contributed by atoms with Gasteiger partial charge in [-0.3, -0.25) is 0 Å². The summed E-state index contributed by atoms with van der Waals surface area (Å²) in [7, 11) is 0. The average molecular weight is 413 g/mol. The molecule has 0 bridgehead atoms. The first-order valence-electron chi connectivity index (χ1n) is 6.43. The Hall–Kier alpha value is -1.33. The monoisotopic (exact) mass is 411 g/mol. The van der Waals surface area contributed by atoms with E-state index in [4.69, 9.17) is 4.42 Å². The standard InChI is InChI=1S/C16H12Br2FNO/c1-9(20-14-4-3-12(19)8-13(14)18)16-7-10-6-11(17)2-5-15(10)21-16/h2-9,20H,1H3. The van der Waals surface area contributed by atoms with E-state index in [0.29, 0.717) is 4.47 Å². The third-order valence-corrected chi connectivity index (χ3v) is 4.38. The van der Waals surface area contributed by atoms with Gasteiger partial charge in [0.2, 0.25) is 0 Å². The van der Waals surface area contributed by atoms with Crippen LogP contribution < -0.4 is 5.32 Å². The van der Waals surface area contributed by atoms with E-state index in [2.05, 4.69) is 37.2 Å². The summed E-state index contributed by atoms with van der Waals surface area (Å²) in [6, 6.07) is 12.4. The van der Waals surface area contributed by atoms with E-state index in [9.17, 15) is 4.39 Å². The molecule has 0 spiro atoms. The number of benzene rings is 2. The highest BCUT2D eigenvalue weighted by molar-refractivity contribution is 9.10. The maximum absolute atomic E-state index is 13.1. The number of fused-ring (bicyclic) bond motifs is 1. The van der Waals surface area contributed by atoms with Crippen molar-refractivity contribution in [3.05, 3.63) is 63.0 Å². The fourth-order valence-corrected chi connectivity index (χ4v) is 3.00. The van der Waals surface area contributed by atoms with Crippen LogP contribution in [0.4, 0.5) is 10.1 Å². The number of anilines is 1. The van der Waals surface area contributed by atoms with E-state index < -0.39 is 0 Å². The third kappa shape index (κ3) is 3.14. The number of nitrogens with one attached hydrogen (secondary N) is 1. The first-order valence-corrected chi connectivity index (χ1v) is 8.02. The van der Waals surface area contributed by atoms with Gasteiger partial charge >= 0.3 is 0 Å². The van der Waals surface area contributed by atoms with Gasteiger partial charge < -0.3 is 9.73 Å². The predicted octanol–water partition coefficient (Wildman–Crippen LogP) is 6.27. The van der Waals surface area contributed by atoms with Crippen LogP contribution in [0.15, 0.2) is 55.8 Å². The van der Waals surface area contributed by atoms with Gasteiger partial charge in [-0.25, -0.2) is 4.39 Å². The van der Waals surface area contributed by atoms with Crippen molar-refractivity contribution in [1.29, 1.82) is 0 Å². The van der Waals surface area contributed by atoms with Crippen molar-refractivity contribution >= 4 is 48.5 Å². The highest BCUT2D eigenvalue weighted by Gasteiger charge is 2.13. The van der Waals surface area contributed by atoms with Crippen molar-refractivity contribution in [1.82, 2.24) is 0 Å². The first kappa shape index (κ1) is 14.6. The minimum Gasteiger partial charge on any atom is -0.459 e. The van der Waals surface area contributed by atoms with E-state index in [0.717, 1.165) is 26.9 Å². The van der Waals surface area contributed by atoms with Crippen LogP contribution in [0, 0.1) is 5.82 Å². The van der Waals surface area contributed by atoms with E-state index in [1.165, 1.54) is 12.1 Å². The lowest BCUT2D eigenvalue weighted by atomic mass is 10.2. The van der Waals surface area contributed by atoms with E-state index in [1.807, 2.05) is 31.2 Å². The molecular weight excluding hydrogens is 401 g/mol. The molecule has 1 atom stereocenters. The second-order valence-corrected chi connectivity index (χ2v) is 6.59. The van der Waals surface area contributed by atoms with Gasteiger partial charge in [0.15, 0.2) is 0 Å². The summed E-state index contributed by atoms with van der Waals surface area (Å²) in [5.41, 5.74) is 1.67. The summed E-state index contributed by atoms with van der Waals surface area (Å²) < 4.78 is 20.7. The number of furan rings is 1. The van der Waals surface area contributed by atoms with Crippen molar-refractivity contribution in [2.45, 2.75) is 13.0 Å². The average Bonchev–Trinajstić information content (AvgIpc) is 2.85. The zero-order valence-corrected chi connectivity index (χ0v) is 14.3. The van der Waals surface area contributed by atoms with Crippen molar-refractivity contribution in [3.8, 4) is 0 Å². The Kier molecular flexibility index (Phi) is 4.04. The van der Waals surface area contributed by atoms with Gasteiger partial charge in [-0.05, 0) is 65.3 Å². The maximum atomic E-state index is 13.1. The summed E-state index contributed by atoms with van der Waals surface area (Å²) in [4.78, 5) is 0. The summed E-state index contributed by atoms with van der Waals surface area (Å²) in [6.07, 6.45) is 0. The minimum atomic E-state index is -0.270. The Morgan fingerprint density at radius 1 is 1.10 bits per heavy atom. The Morgan fingerprint density at radius 3 is 2.67 bits per heavy atom. The van der Waals surface area contributed by atoms with Crippen LogP contribution in [-0.4, -0.2) is 0 Å². The van der Waals surface area contributed by atoms with E-state index in [-0.39, 0.29) is 11.9 Å². The molecule has 0 aliphatic heterocycles. The Bertz CT molecular complexity index is 800. The van der Waals surface area contributed by atoms with Crippen LogP contribution in [-0.2, 0) is 0 Å². The minimum absolute atomic E-state index is 0.0297. The molecule has 3 aromatic rings. The van der Waals surface area contributed by atoms with Gasteiger partial charge in [0.05, 0.1) is 6.04 Å². The van der Waals surface area contributed by atoms with Crippen molar-refractivity contribution in [2.24, 2.45) is 0 Å². The molecule has 0 amide bonds. The molecule has 0 aliphatic rings. The number of halogens is 3. The second-order valence-electron chi connectivity index (χ2n) is 4.82. The smallest absolute Gasteiger partial charge is 0.134 e. The lowest BCUT2D eigenvalue weighted by Gasteiger charge is -2.14. The highest BCUT2D eigenvalue weighted by Crippen LogP contribution is 2.30. The molecule has 0 aliphatic carbocycles. The fraction of sp³-hybridized carbons (Fsp3) is 0.125. The van der Waals surface area contributed by atoms with Crippen molar-refractivity contribution in [2.75, 3.05) is 5.32 Å². The van der Waals surface area contributed by atoms with E-state index >= 15 is 0 Å². The first-order chi connectivity index (χ1) is 10.0. The zero-order chi connectivity index (χ0) is 15.0. The molecule has 0 fully saturated rings. The lowest BCUT2D eigenvalue weighted by Crippen LogP contribution is -2.06. The maximum Gasteiger partial charge on any atom is 0.134 e. The van der Waals surface area contributed by atoms with E-state index in [1.54, 1.807) is 6.07 Å². The molecule has 3 rings (SSSR count). The van der Waals surface area contributed by atoms with Gasteiger partial charge in [-0.15, -0.1) is 0 Å². The van der Waals surface area contributed by atoms with Crippen molar-refractivity contribution < 1.29 is 8.81 Å². The molecule has 2 nitrogen and oxygen atoms in total. The highest BCUT2D eigenvalue weighted by atomic mass is 79.9. The molecule has 5 heteroatoms. The lowest BCUT2D eigenvalue weighted by molar-refractivity contribution is 0.526. The fourth-order valence-electron chi connectivity index (χ4n) is 2.16. The van der Waals surface area contributed by atoms with Crippen LogP contribution >= 0.6 is 31.9 Å². The summed E-state index contributed by atoms with van der Waals surface area (Å²) in [5, 5.41) is 4.36. The summed E-state index contributed by atoms with van der Waals surface area (Å²) >= 11 is 6.80. The van der Waals surface area contributed by atoms with Gasteiger partial charge in [0, 0.05) is 20.0 Å². The van der Waals surface area contributed by atoms with Crippen LogP contribution in [0.2, 0.25) is 0 Å². The van der Waals surface area contributed by atoms with Crippen LogP contribution in [0.25, 0.3) is 11.0 Å². The number of rotatable bonds is 3. The molecule has 21 heavy (non-hydrogen) atoms. The molecule has 108 valence electrons. The Labute approximate surface area is 138 Å². The molecule has 0 saturated carbocycles. The number of hydrogen-bond donors (Lipinski definition) is 1. The molecule has 2 aromatic carbocycles. The van der Waals surface area contributed by atoms with Crippen LogP contribution in [0.5, 0.6) is 0 Å². The predicted molar refractivity (Wildman–Crippen MR) is 90.1 cm³/mol. The summed E-state index contributed by atoms with van der Waals surface area (Å²) in [5.74, 6) is 0.563. The summed E-state index contributed by atoms with van der Waals surface area (Å²) in [6.45, 7) is 2.00. The zero-order valence-electron chi connectivity index (χ0n) is 11.2. The van der Waals surface area contributed by atoms with Crippen molar-refractivity contribution in [3.63, 3.8) is 0 Å². The third-order valence-electron chi connectivity index (χ3n) is 3.23. The van der Waals surface area contributed by atoms with Crippen LogP contribution in [0.3, 0.4) is 0 Å². The molecular formula is C16H12Br2FNO. The SMILES string of the molecule is CC(Nc1ccc(F)cc1Br)c1cc2cc(Br)ccc2o1. The van der Waals surface area contributed by atoms with Gasteiger partial charge in [-0.1, -0.05) is 15.9 Å². The largest absolute Gasteiger partial charge is 0.459 e. The molecule has 0 saturated heterocycles. The Morgan fingerprint density at radius 2 is 1.90 bits per heavy atom. The van der Waals surface area contributed by atoms with Gasteiger partial charge in [0.25, 0.3) is 0 Å². The number of hydrogen-bond acceptors (Lipinski definition) is 2. The molecule has 0 radical (unpaired) electrons. The van der Waals surface area contributed by atoms with Crippen LogP contribution in [0.1, 0.15) is 18.7 Å². The normalized spacial score (nSPS) is 12.6. The topological polar surface area (TPSA) is 25.2 Å². The quantitative estimate of drug-likeness (QED) is 0.548. The molecule has 1 aromatic heterocycles. The Balaban J connectivity index is 1.87. The second kappa shape index (κ2) is 5.81. The van der Waals surface area contributed by atoms with Gasteiger partial charge in [0.1, 0.15) is 17.2 Å².